The van der Waals surface area contributed by atoms with Gasteiger partial charge in [0.05, 0.1) is 0 Å². The van der Waals surface area contributed by atoms with Crippen LogP contribution in [0.4, 0.5) is 0 Å². The maximum atomic E-state index is 10.6. The van der Waals surface area contributed by atoms with E-state index in [9.17, 15) is 4.79 Å². The van der Waals surface area contributed by atoms with Crippen LogP contribution in [0.15, 0.2) is 12.2 Å². The highest BCUT2D eigenvalue weighted by molar-refractivity contribution is 7.64. The predicted octanol–water partition coefficient (Wildman–Crippen LogP) is 2.30. The molecule has 0 rings (SSSR count). The fourth-order valence-corrected chi connectivity index (χ4v) is 1.13. The molecule has 0 aromatic rings. The number of carbonyl (C=O) groups excluding carboxylic acids is 1. The standard InChI is InChI=1S/C5H7Cl3O2Si/c1-2-3-5(9)10-4-11(6,7)8/h2-3H,4H2,1H3/b3-2+. The normalized spacial score (nSPS) is 12.0. The average Bonchev–Trinajstić information content (AvgIpc) is 1.83. The Morgan fingerprint density at radius 2 is 2.09 bits per heavy atom. The summed E-state index contributed by atoms with van der Waals surface area (Å²) >= 11 is 16.3. The summed E-state index contributed by atoms with van der Waals surface area (Å²) in [6.07, 6.45) is 2.73. The summed E-state index contributed by atoms with van der Waals surface area (Å²) in [6, 6.07) is -2.81. The van der Waals surface area contributed by atoms with Crippen LogP contribution < -0.4 is 0 Å². The summed E-state index contributed by atoms with van der Waals surface area (Å²) in [4.78, 5) is 10.6. The van der Waals surface area contributed by atoms with E-state index < -0.39 is 12.0 Å². The van der Waals surface area contributed by atoms with Gasteiger partial charge in [-0.3, -0.25) is 0 Å². The molecule has 0 amide bonds. The van der Waals surface area contributed by atoms with Gasteiger partial charge < -0.3 is 4.74 Å². The SMILES string of the molecule is C/C=C/C(=O)OC[Si](Cl)(Cl)Cl. The first kappa shape index (κ1) is 11.3. The largest absolute Gasteiger partial charge is 0.462 e. The van der Waals surface area contributed by atoms with Crippen molar-refractivity contribution in [3.05, 3.63) is 12.2 Å². The molecule has 0 fully saturated rings. The summed E-state index contributed by atoms with van der Waals surface area (Å²) in [5, 5.41) is 0. The lowest BCUT2D eigenvalue weighted by Gasteiger charge is -2.06. The molecule has 0 unspecified atom stereocenters. The molecule has 0 atom stereocenters. The van der Waals surface area contributed by atoms with Crippen molar-refractivity contribution in [3.8, 4) is 0 Å². The molecule has 2 nitrogen and oxygen atoms in total. The zero-order valence-corrected chi connectivity index (χ0v) is 9.08. The van der Waals surface area contributed by atoms with Gasteiger partial charge in [-0.15, -0.1) is 33.2 Å². The van der Waals surface area contributed by atoms with E-state index in [2.05, 4.69) is 4.74 Å². The first-order valence-corrected chi connectivity index (χ1v) is 8.06. The van der Waals surface area contributed by atoms with E-state index in [1.165, 1.54) is 6.08 Å². The third kappa shape index (κ3) is 8.20. The minimum Gasteiger partial charge on any atom is -0.462 e. The molecule has 64 valence electrons. The second-order valence-corrected chi connectivity index (χ2v) is 10.8. The quantitative estimate of drug-likeness (QED) is 0.324. The molecular formula is C5H7Cl3O2Si. The summed E-state index contributed by atoms with van der Waals surface area (Å²) in [6.45, 7) is 1.70. The molecule has 0 heterocycles. The topological polar surface area (TPSA) is 26.3 Å². The van der Waals surface area contributed by atoms with Crippen LogP contribution in [0.1, 0.15) is 6.92 Å². The van der Waals surface area contributed by atoms with Crippen LogP contribution in [0.5, 0.6) is 0 Å². The molecule has 0 spiro atoms. The summed E-state index contributed by atoms with van der Waals surface area (Å²) < 4.78 is 4.59. The maximum absolute atomic E-state index is 10.6. The highest BCUT2D eigenvalue weighted by Crippen LogP contribution is 2.19. The van der Waals surface area contributed by atoms with Crippen molar-refractivity contribution >= 4 is 45.2 Å². The van der Waals surface area contributed by atoms with Gasteiger partial charge in [-0.25, -0.2) is 4.79 Å². The van der Waals surface area contributed by atoms with Gasteiger partial charge in [0.1, 0.15) is 6.23 Å². The van der Waals surface area contributed by atoms with Gasteiger partial charge in [-0.05, 0) is 6.92 Å². The number of rotatable bonds is 3. The lowest BCUT2D eigenvalue weighted by atomic mass is 10.5. The number of allylic oxidation sites excluding steroid dienone is 1. The van der Waals surface area contributed by atoms with Crippen molar-refractivity contribution < 1.29 is 9.53 Å². The molecule has 0 saturated carbocycles. The minimum atomic E-state index is -2.81. The van der Waals surface area contributed by atoms with Crippen LogP contribution in [0.2, 0.25) is 0 Å². The number of halogens is 3. The molecule has 0 radical (unpaired) electrons. The average molecular weight is 234 g/mol. The number of carbonyl (C=O) groups is 1. The first-order valence-electron chi connectivity index (χ1n) is 2.82. The summed E-state index contributed by atoms with van der Waals surface area (Å²) in [7, 11) is 0. The number of hydrogen-bond donors (Lipinski definition) is 0. The molecule has 0 aliphatic rings. The lowest BCUT2D eigenvalue weighted by molar-refractivity contribution is -0.135. The Hall–Kier alpha value is 0.297. The van der Waals surface area contributed by atoms with E-state index >= 15 is 0 Å². The molecule has 0 aromatic carbocycles. The van der Waals surface area contributed by atoms with E-state index in [1.54, 1.807) is 13.0 Å². The van der Waals surface area contributed by atoms with Crippen molar-refractivity contribution in [2.75, 3.05) is 6.23 Å². The molecule has 0 aromatic heterocycles. The van der Waals surface area contributed by atoms with E-state index in [0.29, 0.717) is 0 Å². The Bertz CT molecular complexity index is 164. The minimum absolute atomic E-state index is 0.0964. The lowest BCUT2D eigenvalue weighted by Crippen LogP contribution is -2.21. The summed E-state index contributed by atoms with van der Waals surface area (Å²) in [5.41, 5.74) is 0. The van der Waals surface area contributed by atoms with Gasteiger partial charge in [0, 0.05) is 6.08 Å². The molecule has 0 N–H and O–H groups in total. The Morgan fingerprint density at radius 1 is 1.55 bits per heavy atom. The van der Waals surface area contributed by atoms with Crippen LogP contribution in [0.25, 0.3) is 0 Å². The monoisotopic (exact) mass is 232 g/mol. The van der Waals surface area contributed by atoms with Gasteiger partial charge in [0.15, 0.2) is 0 Å². The zero-order chi connectivity index (χ0) is 8.91. The molecule has 11 heavy (non-hydrogen) atoms. The fourth-order valence-electron chi connectivity index (χ4n) is 0.337. The highest BCUT2D eigenvalue weighted by atomic mass is 35.8. The van der Waals surface area contributed by atoms with Gasteiger partial charge >= 0.3 is 12.0 Å². The number of hydrogen-bond acceptors (Lipinski definition) is 2. The van der Waals surface area contributed by atoms with Crippen LogP contribution >= 0.6 is 33.2 Å². The molecule has 0 saturated heterocycles. The fraction of sp³-hybridized carbons (Fsp3) is 0.400. The number of ether oxygens (including phenoxy) is 1. The van der Waals surface area contributed by atoms with Crippen LogP contribution in [-0.4, -0.2) is 18.2 Å². The van der Waals surface area contributed by atoms with Gasteiger partial charge in [0.25, 0.3) is 0 Å². The van der Waals surface area contributed by atoms with E-state index in [-0.39, 0.29) is 6.23 Å². The number of esters is 1. The van der Waals surface area contributed by atoms with Crippen LogP contribution in [-0.2, 0) is 9.53 Å². The second kappa shape index (κ2) is 5.03. The van der Waals surface area contributed by atoms with E-state index in [1.807, 2.05) is 0 Å². The van der Waals surface area contributed by atoms with Crippen molar-refractivity contribution in [2.24, 2.45) is 0 Å². The van der Waals surface area contributed by atoms with Crippen LogP contribution in [0.3, 0.4) is 0 Å². The maximum Gasteiger partial charge on any atom is 0.378 e. The molecule has 0 aliphatic heterocycles. The summed E-state index contributed by atoms with van der Waals surface area (Å²) in [5.74, 6) is -0.480. The Balaban J connectivity index is 3.63. The molecule has 0 aliphatic carbocycles. The third-order valence-electron chi connectivity index (χ3n) is 0.681. The first-order chi connectivity index (χ1) is 4.95. The van der Waals surface area contributed by atoms with Gasteiger partial charge in [0.2, 0.25) is 0 Å². The molecule has 6 heteroatoms. The third-order valence-corrected chi connectivity index (χ3v) is 2.13. The predicted molar refractivity (Wildman–Crippen MR) is 49.1 cm³/mol. The Labute approximate surface area is 80.2 Å². The highest BCUT2D eigenvalue weighted by Gasteiger charge is 2.26. The smallest absolute Gasteiger partial charge is 0.378 e. The second-order valence-electron chi connectivity index (χ2n) is 1.72. The van der Waals surface area contributed by atoms with Crippen molar-refractivity contribution in [3.63, 3.8) is 0 Å². The van der Waals surface area contributed by atoms with Crippen molar-refractivity contribution in [1.82, 2.24) is 0 Å². The van der Waals surface area contributed by atoms with Gasteiger partial charge in [-0.2, -0.15) is 0 Å². The van der Waals surface area contributed by atoms with E-state index in [0.717, 1.165) is 0 Å². The zero-order valence-electron chi connectivity index (χ0n) is 5.81. The Morgan fingerprint density at radius 3 is 2.45 bits per heavy atom. The molecule has 0 bridgehead atoms. The van der Waals surface area contributed by atoms with Crippen molar-refractivity contribution in [2.45, 2.75) is 6.92 Å². The van der Waals surface area contributed by atoms with Gasteiger partial charge in [-0.1, -0.05) is 6.08 Å². The van der Waals surface area contributed by atoms with Crippen LogP contribution in [0, 0.1) is 0 Å². The van der Waals surface area contributed by atoms with Crippen molar-refractivity contribution in [1.29, 1.82) is 0 Å². The Kier molecular flexibility index (Phi) is 5.17. The molecular weight excluding hydrogens is 226 g/mol. The van der Waals surface area contributed by atoms with E-state index in [4.69, 9.17) is 33.2 Å².